The molecule has 0 spiro atoms. The molecule has 0 aromatic rings. The molecule has 1 aliphatic carbocycles. The average molecular weight is 264 g/mol. The van der Waals surface area contributed by atoms with Crippen molar-refractivity contribution in [3.05, 3.63) is 0 Å². The van der Waals surface area contributed by atoms with Gasteiger partial charge in [-0.25, -0.2) is 0 Å². The van der Waals surface area contributed by atoms with Gasteiger partial charge in [-0.1, -0.05) is 34.6 Å². The lowest BCUT2D eigenvalue weighted by atomic mass is 9.63. The first-order chi connectivity index (χ1) is 8.53. The number of amides is 1. The second kappa shape index (κ2) is 5.15. The quantitative estimate of drug-likeness (QED) is 0.846. The van der Waals surface area contributed by atoms with E-state index in [1.165, 1.54) is 6.42 Å². The van der Waals surface area contributed by atoms with Crippen molar-refractivity contribution in [1.82, 2.24) is 5.32 Å². The van der Waals surface area contributed by atoms with Gasteiger partial charge in [-0.2, -0.15) is 5.26 Å². The lowest BCUT2D eigenvalue weighted by Gasteiger charge is -2.45. The van der Waals surface area contributed by atoms with Gasteiger partial charge in [0.25, 0.3) is 0 Å². The fourth-order valence-corrected chi connectivity index (χ4v) is 3.58. The summed E-state index contributed by atoms with van der Waals surface area (Å²) in [6.45, 7) is 12.7. The minimum atomic E-state index is -0.897. The number of hydrogen-bond donors (Lipinski definition) is 1. The molecule has 0 heterocycles. The molecule has 1 unspecified atom stereocenters. The molecule has 1 atom stereocenters. The number of nitrogens with zero attached hydrogens (tertiary/aromatic N) is 1. The molecule has 0 aliphatic heterocycles. The molecule has 0 aromatic heterocycles. The first-order valence-electron chi connectivity index (χ1n) is 7.26. The first kappa shape index (κ1) is 16.0. The van der Waals surface area contributed by atoms with Crippen LogP contribution in [0.5, 0.6) is 0 Å². The van der Waals surface area contributed by atoms with Crippen LogP contribution in [0.3, 0.4) is 0 Å². The van der Waals surface area contributed by atoms with Gasteiger partial charge in [-0.3, -0.25) is 4.79 Å². The third-order valence-corrected chi connectivity index (χ3v) is 4.35. The van der Waals surface area contributed by atoms with Crippen molar-refractivity contribution in [3.8, 4) is 6.07 Å². The second-order valence-electron chi connectivity index (χ2n) is 7.88. The average Bonchev–Trinajstić information content (AvgIpc) is 2.23. The summed E-state index contributed by atoms with van der Waals surface area (Å²) >= 11 is 0. The van der Waals surface area contributed by atoms with Crippen LogP contribution in [-0.2, 0) is 4.79 Å². The van der Waals surface area contributed by atoms with Crippen LogP contribution in [0.25, 0.3) is 0 Å². The Morgan fingerprint density at radius 1 is 1.32 bits per heavy atom. The molecule has 0 saturated heterocycles. The maximum Gasteiger partial charge on any atom is 0.240 e. The van der Waals surface area contributed by atoms with Crippen molar-refractivity contribution < 1.29 is 4.79 Å². The zero-order chi connectivity index (χ0) is 14.9. The van der Waals surface area contributed by atoms with Gasteiger partial charge in [0.1, 0.15) is 5.41 Å². The maximum atomic E-state index is 12.3. The minimum Gasteiger partial charge on any atom is -0.352 e. The molecule has 1 rings (SSSR count). The lowest BCUT2D eigenvalue weighted by molar-refractivity contribution is -0.129. The third-order valence-electron chi connectivity index (χ3n) is 4.35. The Morgan fingerprint density at radius 3 is 2.16 bits per heavy atom. The summed E-state index contributed by atoms with van der Waals surface area (Å²) in [5.74, 6) is -0.115. The molecule has 0 radical (unpaired) electrons. The summed E-state index contributed by atoms with van der Waals surface area (Å²) in [5.41, 5.74) is -0.407. The molecular formula is C16H28N2O. The highest BCUT2D eigenvalue weighted by molar-refractivity contribution is 5.85. The molecule has 1 fully saturated rings. The van der Waals surface area contributed by atoms with Crippen molar-refractivity contribution in [2.75, 3.05) is 0 Å². The van der Waals surface area contributed by atoms with Crippen LogP contribution >= 0.6 is 0 Å². The lowest BCUT2D eigenvalue weighted by Crippen LogP contribution is -2.49. The molecule has 1 N–H and O–H groups in total. The molecular weight excluding hydrogens is 236 g/mol. The van der Waals surface area contributed by atoms with Crippen LogP contribution in [0.15, 0.2) is 0 Å². The Labute approximate surface area is 117 Å². The Balaban J connectivity index is 2.78. The predicted molar refractivity (Wildman–Crippen MR) is 77.4 cm³/mol. The molecule has 108 valence electrons. The molecule has 1 saturated carbocycles. The smallest absolute Gasteiger partial charge is 0.240 e. The number of carbonyl (C=O) groups excluding carboxylic acids is 1. The molecule has 0 bridgehead atoms. The fraction of sp³-hybridized carbons (Fsp3) is 0.875. The van der Waals surface area contributed by atoms with Crippen LogP contribution in [0, 0.1) is 27.6 Å². The number of carbonyl (C=O) groups is 1. The van der Waals surface area contributed by atoms with E-state index in [9.17, 15) is 10.1 Å². The number of nitriles is 1. The van der Waals surface area contributed by atoms with Gasteiger partial charge in [0, 0.05) is 6.04 Å². The van der Waals surface area contributed by atoms with Crippen molar-refractivity contribution in [2.45, 2.75) is 73.3 Å². The van der Waals surface area contributed by atoms with Crippen LogP contribution in [0.1, 0.15) is 67.2 Å². The van der Waals surface area contributed by atoms with E-state index in [-0.39, 0.29) is 22.8 Å². The maximum absolute atomic E-state index is 12.3. The number of rotatable bonds is 3. The molecule has 3 nitrogen and oxygen atoms in total. The van der Waals surface area contributed by atoms with Crippen LogP contribution in [0.4, 0.5) is 0 Å². The summed E-state index contributed by atoms with van der Waals surface area (Å²) in [7, 11) is 0. The molecule has 19 heavy (non-hydrogen) atoms. The minimum absolute atomic E-state index is 0.115. The van der Waals surface area contributed by atoms with E-state index < -0.39 is 5.41 Å². The Morgan fingerprint density at radius 2 is 1.79 bits per heavy atom. The van der Waals surface area contributed by atoms with E-state index in [2.05, 4.69) is 39.1 Å². The van der Waals surface area contributed by atoms with Gasteiger partial charge >= 0.3 is 0 Å². The second-order valence-corrected chi connectivity index (χ2v) is 7.88. The predicted octanol–water partition coefficient (Wildman–Crippen LogP) is 3.65. The molecule has 1 aliphatic rings. The zero-order valence-electron chi connectivity index (χ0n) is 13.3. The topological polar surface area (TPSA) is 52.9 Å². The van der Waals surface area contributed by atoms with Gasteiger partial charge < -0.3 is 5.32 Å². The van der Waals surface area contributed by atoms with E-state index >= 15 is 0 Å². The number of nitrogens with one attached hydrogen (secondary N) is 1. The molecule has 0 aromatic carbocycles. The summed E-state index contributed by atoms with van der Waals surface area (Å²) in [6, 6.07) is 2.33. The fourth-order valence-electron chi connectivity index (χ4n) is 3.58. The highest BCUT2D eigenvalue weighted by Gasteiger charge is 2.41. The number of hydrogen-bond acceptors (Lipinski definition) is 2. The Hall–Kier alpha value is -1.04. The highest BCUT2D eigenvalue weighted by Crippen LogP contribution is 2.45. The molecule has 3 heteroatoms. The van der Waals surface area contributed by atoms with Crippen LogP contribution in [0.2, 0.25) is 0 Å². The van der Waals surface area contributed by atoms with Gasteiger partial charge in [-0.05, 0) is 43.4 Å². The van der Waals surface area contributed by atoms with E-state index in [0.29, 0.717) is 6.42 Å². The van der Waals surface area contributed by atoms with Crippen LogP contribution in [-0.4, -0.2) is 11.9 Å². The van der Waals surface area contributed by atoms with E-state index in [1.807, 2.05) is 6.92 Å². The Bertz CT molecular complexity index is 376. The summed E-state index contributed by atoms with van der Waals surface area (Å²) in [5, 5.41) is 12.3. The standard InChI is InChI=1S/C16H28N2O/c1-7-16(6,11-17)13(19)18-12-8-14(2,3)10-15(4,5)9-12/h12H,7-10H2,1-6H3,(H,18,19). The van der Waals surface area contributed by atoms with Gasteiger partial charge in [0.05, 0.1) is 6.07 Å². The van der Waals surface area contributed by atoms with E-state index in [0.717, 1.165) is 12.8 Å². The SMILES string of the molecule is CCC(C)(C#N)C(=O)NC1CC(C)(C)CC(C)(C)C1. The van der Waals surface area contributed by atoms with Crippen molar-refractivity contribution >= 4 is 5.91 Å². The van der Waals surface area contributed by atoms with Crippen molar-refractivity contribution in [1.29, 1.82) is 5.26 Å². The summed E-state index contributed by atoms with van der Waals surface area (Å²) in [4.78, 5) is 12.3. The van der Waals surface area contributed by atoms with Crippen molar-refractivity contribution in [2.24, 2.45) is 16.2 Å². The third kappa shape index (κ3) is 3.96. The normalized spacial score (nSPS) is 25.1. The van der Waals surface area contributed by atoms with Gasteiger partial charge in [0.2, 0.25) is 5.91 Å². The zero-order valence-corrected chi connectivity index (χ0v) is 13.3. The van der Waals surface area contributed by atoms with E-state index in [1.54, 1.807) is 6.92 Å². The van der Waals surface area contributed by atoms with Gasteiger partial charge in [0.15, 0.2) is 0 Å². The Kier molecular flexibility index (Phi) is 4.34. The highest BCUT2D eigenvalue weighted by atomic mass is 16.2. The largest absolute Gasteiger partial charge is 0.352 e. The summed E-state index contributed by atoms with van der Waals surface area (Å²) < 4.78 is 0. The monoisotopic (exact) mass is 264 g/mol. The van der Waals surface area contributed by atoms with E-state index in [4.69, 9.17) is 0 Å². The van der Waals surface area contributed by atoms with Crippen LogP contribution < -0.4 is 5.32 Å². The molecule has 1 amide bonds. The summed E-state index contributed by atoms with van der Waals surface area (Å²) in [6.07, 6.45) is 3.71. The van der Waals surface area contributed by atoms with Crippen molar-refractivity contribution in [3.63, 3.8) is 0 Å². The van der Waals surface area contributed by atoms with Gasteiger partial charge in [-0.15, -0.1) is 0 Å². The first-order valence-corrected chi connectivity index (χ1v) is 7.26.